The van der Waals surface area contributed by atoms with Crippen molar-refractivity contribution in [2.24, 2.45) is 0 Å². The molecule has 0 aliphatic heterocycles. The summed E-state index contributed by atoms with van der Waals surface area (Å²) in [6.07, 6.45) is 1.99. The number of halogens is 2. The van der Waals surface area contributed by atoms with Crippen LogP contribution in [-0.4, -0.2) is 9.55 Å². The second-order valence-corrected chi connectivity index (χ2v) is 5.47. The third kappa shape index (κ3) is 2.91. The van der Waals surface area contributed by atoms with E-state index < -0.39 is 11.6 Å². The highest BCUT2D eigenvalue weighted by atomic mass is 19.2. The number of imidazole rings is 1. The Morgan fingerprint density at radius 1 is 1.29 bits per heavy atom. The van der Waals surface area contributed by atoms with E-state index in [0.29, 0.717) is 11.5 Å². The molecule has 1 aromatic heterocycles. The van der Waals surface area contributed by atoms with Crippen LogP contribution in [0.15, 0.2) is 18.2 Å². The lowest BCUT2D eigenvalue weighted by atomic mass is 10.1. The van der Waals surface area contributed by atoms with E-state index in [1.165, 1.54) is 12.1 Å². The summed E-state index contributed by atoms with van der Waals surface area (Å²) in [6.45, 7) is 6.85. The largest absolute Gasteiger partial charge is 0.383 e. The predicted octanol–water partition coefficient (Wildman–Crippen LogP) is 4.33. The number of nitrogens with zero attached hydrogens (tertiary/aromatic N) is 2. The lowest BCUT2D eigenvalue weighted by Gasteiger charge is -2.11. The first-order chi connectivity index (χ1) is 9.97. The fraction of sp³-hybridized carbons (Fsp3) is 0.438. The molecule has 5 heteroatoms. The van der Waals surface area contributed by atoms with E-state index >= 15 is 0 Å². The SMILES string of the molecule is CCCCn1c(C(C)C)nc(-c2cccc(F)c2F)c1N. The van der Waals surface area contributed by atoms with Gasteiger partial charge in [0, 0.05) is 18.0 Å². The normalized spacial score (nSPS) is 11.3. The van der Waals surface area contributed by atoms with Gasteiger partial charge in [-0.15, -0.1) is 0 Å². The molecule has 2 rings (SSSR count). The van der Waals surface area contributed by atoms with Crippen molar-refractivity contribution in [3.63, 3.8) is 0 Å². The molecule has 0 saturated carbocycles. The van der Waals surface area contributed by atoms with Crippen LogP contribution >= 0.6 is 0 Å². The van der Waals surface area contributed by atoms with Crippen LogP contribution in [-0.2, 0) is 6.54 Å². The van der Waals surface area contributed by atoms with Crippen molar-refractivity contribution in [2.45, 2.75) is 46.1 Å². The summed E-state index contributed by atoms with van der Waals surface area (Å²) < 4.78 is 29.3. The predicted molar refractivity (Wildman–Crippen MR) is 81.0 cm³/mol. The number of hydrogen-bond acceptors (Lipinski definition) is 2. The fourth-order valence-electron chi connectivity index (χ4n) is 2.36. The molecule has 21 heavy (non-hydrogen) atoms. The average Bonchev–Trinajstić information content (AvgIpc) is 2.77. The van der Waals surface area contributed by atoms with Gasteiger partial charge >= 0.3 is 0 Å². The van der Waals surface area contributed by atoms with Crippen molar-refractivity contribution in [3.05, 3.63) is 35.7 Å². The van der Waals surface area contributed by atoms with Crippen LogP contribution < -0.4 is 5.73 Å². The Morgan fingerprint density at radius 2 is 2.00 bits per heavy atom. The van der Waals surface area contributed by atoms with Crippen LogP contribution in [0.3, 0.4) is 0 Å². The second-order valence-electron chi connectivity index (χ2n) is 5.47. The molecule has 0 aliphatic rings. The van der Waals surface area contributed by atoms with Gasteiger partial charge in [-0.2, -0.15) is 0 Å². The number of rotatable bonds is 5. The van der Waals surface area contributed by atoms with Crippen LogP contribution in [0.1, 0.15) is 45.4 Å². The standard InChI is InChI=1S/C16H21F2N3/c1-4-5-9-21-15(19)14(20-16(21)10(2)3)11-7-6-8-12(17)13(11)18/h6-8,10H,4-5,9,19H2,1-3H3. The molecule has 0 spiro atoms. The van der Waals surface area contributed by atoms with Crippen molar-refractivity contribution < 1.29 is 8.78 Å². The molecule has 1 aromatic carbocycles. The molecular weight excluding hydrogens is 272 g/mol. The quantitative estimate of drug-likeness (QED) is 0.891. The van der Waals surface area contributed by atoms with Crippen LogP contribution in [0.4, 0.5) is 14.6 Å². The highest BCUT2D eigenvalue weighted by molar-refractivity contribution is 5.71. The Morgan fingerprint density at radius 3 is 2.62 bits per heavy atom. The third-order valence-corrected chi connectivity index (χ3v) is 3.49. The third-order valence-electron chi connectivity index (χ3n) is 3.49. The van der Waals surface area contributed by atoms with E-state index in [1.807, 2.05) is 18.4 Å². The minimum atomic E-state index is -0.903. The summed E-state index contributed by atoms with van der Waals surface area (Å²) in [4.78, 5) is 4.47. The summed E-state index contributed by atoms with van der Waals surface area (Å²) in [5, 5.41) is 0. The molecule has 0 amide bonds. The first-order valence-corrected chi connectivity index (χ1v) is 7.27. The number of aromatic nitrogens is 2. The lowest BCUT2D eigenvalue weighted by Crippen LogP contribution is -2.08. The minimum Gasteiger partial charge on any atom is -0.383 e. The first kappa shape index (κ1) is 15.5. The zero-order valence-corrected chi connectivity index (χ0v) is 12.7. The molecule has 0 bridgehead atoms. The van der Waals surface area contributed by atoms with E-state index in [4.69, 9.17) is 5.73 Å². The van der Waals surface area contributed by atoms with Crippen molar-refractivity contribution in [1.29, 1.82) is 0 Å². The second kappa shape index (κ2) is 6.24. The van der Waals surface area contributed by atoms with Gasteiger partial charge in [0.05, 0.1) is 0 Å². The van der Waals surface area contributed by atoms with Crippen molar-refractivity contribution in [1.82, 2.24) is 9.55 Å². The summed E-state index contributed by atoms with van der Waals surface area (Å²) in [5.41, 5.74) is 6.59. The molecule has 0 aliphatic carbocycles. The van der Waals surface area contributed by atoms with Crippen molar-refractivity contribution >= 4 is 5.82 Å². The van der Waals surface area contributed by atoms with Crippen LogP contribution in [0.5, 0.6) is 0 Å². The van der Waals surface area contributed by atoms with E-state index in [-0.39, 0.29) is 11.5 Å². The van der Waals surface area contributed by atoms with E-state index in [1.54, 1.807) is 0 Å². The van der Waals surface area contributed by atoms with Crippen LogP contribution in [0, 0.1) is 11.6 Å². The van der Waals surface area contributed by atoms with Crippen LogP contribution in [0.25, 0.3) is 11.3 Å². The highest BCUT2D eigenvalue weighted by Crippen LogP contribution is 2.32. The topological polar surface area (TPSA) is 43.8 Å². The molecule has 0 fully saturated rings. The maximum absolute atomic E-state index is 14.0. The lowest BCUT2D eigenvalue weighted by molar-refractivity contribution is 0.511. The number of hydrogen-bond donors (Lipinski definition) is 1. The Bertz CT molecular complexity index is 633. The van der Waals surface area contributed by atoms with Crippen molar-refractivity contribution in [2.75, 3.05) is 5.73 Å². The van der Waals surface area contributed by atoms with E-state index in [0.717, 1.165) is 31.3 Å². The minimum absolute atomic E-state index is 0.115. The monoisotopic (exact) mass is 293 g/mol. The Balaban J connectivity index is 2.57. The summed E-state index contributed by atoms with van der Waals surface area (Å²) >= 11 is 0. The molecule has 114 valence electrons. The number of anilines is 1. The number of nitrogens with two attached hydrogens (primary N) is 1. The molecule has 0 radical (unpaired) electrons. The van der Waals surface area contributed by atoms with Gasteiger partial charge in [-0.05, 0) is 18.6 Å². The van der Waals surface area contributed by atoms with Gasteiger partial charge < -0.3 is 10.3 Å². The van der Waals surface area contributed by atoms with Gasteiger partial charge in [0.25, 0.3) is 0 Å². The Hall–Kier alpha value is -1.91. The van der Waals surface area contributed by atoms with Gasteiger partial charge in [0.15, 0.2) is 11.6 Å². The maximum atomic E-state index is 14.0. The molecule has 1 heterocycles. The van der Waals surface area contributed by atoms with Gasteiger partial charge in [0.2, 0.25) is 0 Å². The molecule has 2 N–H and O–H groups in total. The van der Waals surface area contributed by atoms with E-state index in [2.05, 4.69) is 11.9 Å². The molecule has 0 atom stereocenters. The molecule has 0 saturated heterocycles. The summed E-state index contributed by atoms with van der Waals surface area (Å²) in [5.74, 6) is -0.424. The number of nitrogen functional groups attached to an aromatic ring is 1. The molecular formula is C16H21F2N3. The Labute approximate surface area is 123 Å². The zero-order valence-electron chi connectivity index (χ0n) is 12.7. The zero-order chi connectivity index (χ0) is 15.6. The smallest absolute Gasteiger partial charge is 0.168 e. The molecule has 0 unspecified atom stereocenters. The molecule has 2 aromatic rings. The molecule has 3 nitrogen and oxygen atoms in total. The van der Waals surface area contributed by atoms with Gasteiger partial charge in [-0.3, -0.25) is 0 Å². The van der Waals surface area contributed by atoms with Gasteiger partial charge in [-0.25, -0.2) is 13.8 Å². The fourth-order valence-corrected chi connectivity index (χ4v) is 2.36. The average molecular weight is 293 g/mol. The maximum Gasteiger partial charge on any atom is 0.168 e. The van der Waals surface area contributed by atoms with Gasteiger partial charge in [0.1, 0.15) is 17.3 Å². The van der Waals surface area contributed by atoms with Crippen LogP contribution in [0.2, 0.25) is 0 Å². The summed E-state index contributed by atoms with van der Waals surface area (Å²) in [7, 11) is 0. The Kier molecular flexibility index (Phi) is 4.60. The summed E-state index contributed by atoms with van der Waals surface area (Å²) in [6, 6.07) is 4.06. The first-order valence-electron chi connectivity index (χ1n) is 7.27. The van der Waals surface area contributed by atoms with Crippen molar-refractivity contribution in [3.8, 4) is 11.3 Å². The number of unbranched alkanes of at least 4 members (excludes halogenated alkanes) is 1. The number of benzene rings is 1. The van der Waals surface area contributed by atoms with E-state index in [9.17, 15) is 8.78 Å². The highest BCUT2D eigenvalue weighted by Gasteiger charge is 2.21. The van der Waals surface area contributed by atoms with Gasteiger partial charge in [-0.1, -0.05) is 33.3 Å².